The van der Waals surface area contributed by atoms with Crippen LogP contribution in [0.4, 0.5) is 0 Å². The number of hydrogen-bond donors (Lipinski definition) is 4. The summed E-state index contributed by atoms with van der Waals surface area (Å²) in [6.07, 6.45) is -0.798. The van der Waals surface area contributed by atoms with Crippen LogP contribution in [0, 0.1) is 0 Å². The Morgan fingerprint density at radius 1 is 1.23 bits per heavy atom. The molecule has 0 aromatic heterocycles. The van der Waals surface area contributed by atoms with Gasteiger partial charge < -0.3 is 20.0 Å². The van der Waals surface area contributed by atoms with Gasteiger partial charge in [0.05, 0.1) is 0 Å². The molecule has 8 heteroatoms. The molecule has 74 valence electrons. The Bertz CT molecular complexity index is 298. The molecule has 4 N–H and O–H groups in total. The van der Waals surface area contributed by atoms with Crippen molar-refractivity contribution >= 4 is 19.3 Å². The zero-order valence-corrected chi connectivity index (χ0v) is 7.14. The second-order valence-electron chi connectivity index (χ2n) is 2.13. The molecule has 0 heterocycles. The van der Waals surface area contributed by atoms with Crippen LogP contribution in [0.25, 0.3) is 0 Å². The van der Waals surface area contributed by atoms with Gasteiger partial charge in [-0.3, -0.25) is 9.36 Å². The number of carboxylic acid groups (broad SMARTS) is 1. The second-order valence-corrected chi connectivity index (χ2v) is 3.77. The molecule has 0 aliphatic rings. The highest BCUT2D eigenvalue weighted by atomic mass is 31.2. The molecule has 0 spiro atoms. The SMILES string of the molecule is O=C(O)C(=O)/C=C(\O)CP(=O)(O)O. The number of aliphatic carboxylic acids is 1. The minimum Gasteiger partial charge on any atom is -0.511 e. The molecule has 0 saturated heterocycles. The largest absolute Gasteiger partial charge is 0.511 e. The van der Waals surface area contributed by atoms with Gasteiger partial charge in [-0.1, -0.05) is 0 Å². The Hall–Kier alpha value is -1.17. The fourth-order valence-corrected chi connectivity index (χ4v) is 0.983. The van der Waals surface area contributed by atoms with E-state index >= 15 is 0 Å². The third-order valence-electron chi connectivity index (χ3n) is 0.876. The molecule has 0 aromatic rings. The molecule has 0 saturated carbocycles. The van der Waals surface area contributed by atoms with E-state index in [0.717, 1.165) is 0 Å². The van der Waals surface area contributed by atoms with Gasteiger partial charge in [0.2, 0.25) is 0 Å². The molecule has 0 aliphatic carbocycles. The first-order valence-electron chi connectivity index (χ1n) is 2.94. The van der Waals surface area contributed by atoms with Gasteiger partial charge in [0.1, 0.15) is 11.9 Å². The first kappa shape index (κ1) is 11.8. The van der Waals surface area contributed by atoms with Gasteiger partial charge in [0.15, 0.2) is 0 Å². The van der Waals surface area contributed by atoms with E-state index in [0.29, 0.717) is 0 Å². The third kappa shape index (κ3) is 6.03. The van der Waals surface area contributed by atoms with Crippen molar-refractivity contribution in [1.82, 2.24) is 0 Å². The molecule has 13 heavy (non-hydrogen) atoms. The summed E-state index contributed by atoms with van der Waals surface area (Å²) in [6, 6.07) is 0. The lowest BCUT2D eigenvalue weighted by Gasteiger charge is -2.00. The minimum absolute atomic E-state index is 0.251. The number of allylic oxidation sites excluding steroid dienone is 1. The fourth-order valence-electron chi connectivity index (χ4n) is 0.470. The highest BCUT2D eigenvalue weighted by molar-refractivity contribution is 7.52. The Labute approximate surface area is 72.5 Å². The van der Waals surface area contributed by atoms with Crippen LogP contribution in [0.1, 0.15) is 0 Å². The summed E-state index contributed by atoms with van der Waals surface area (Å²) >= 11 is 0. The smallest absolute Gasteiger partial charge is 0.376 e. The monoisotopic (exact) mass is 210 g/mol. The second kappa shape index (κ2) is 4.18. The standard InChI is InChI=1S/C5H7O7P/c6-3(2-13(10,11)12)1-4(7)5(8)9/h1,6H,2H2,(H,8,9)(H2,10,11,12)/b3-1-. The zero-order valence-electron chi connectivity index (χ0n) is 6.25. The van der Waals surface area contributed by atoms with Crippen molar-refractivity contribution in [3.05, 3.63) is 11.8 Å². The summed E-state index contributed by atoms with van der Waals surface area (Å²) in [6.45, 7) is 0. The molecule has 0 aliphatic heterocycles. The summed E-state index contributed by atoms with van der Waals surface area (Å²) < 4.78 is 10.2. The molecule has 0 aromatic carbocycles. The third-order valence-corrected chi connectivity index (χ3v) is 1.61. The van der Waals surface area contributed by atoms with Crippen LogP contribution in [0.15, 0.2) is 11.8 Å². The van der Waals surface area contributed by atoms with Gasteiger partial charge >= 0.3 is 13.6 Å². The molecule has 7 nitrogen and oxygen atoms in total. The van der Waals surface area contributed by atoms with Crippen LogP contribution in [-0.2, 0) is 14.2 Å². The molecule has 0 bridgehead atoms. The lowest BCUT2D eigenvalue weighted by atomic mass is 10.3. The van der Waals surface area contributed by atoms with Crippen LogP contribution in [0.2, 0.25) is 0 Å². The van der Waals surface area contributed by atoms with Crippen molar-refractivity contribution in [2.75, 3.05) is 6.16 Å². The van der Waals surface area contributed by atoms with Crippen molar-refractivity contribution in [3.63, 3.8) is 0 Å². The zero-order chi connectivity index (χ0) is 10.6. The Morgan fingerprint density at radius 2 is 1.69 bits per heavy atom. The van der Waals surface area contributed by atoms with E-state index in [9.17, 15) is 14.2 Å². The summed E-state index contributed by atoms with van der Waals surface area (Å²) in [7, 11) is -4.47. The summed E-state index contributed by atoms with van der Waals surface area (Å²) in [5, 5.41) is 16.7. The average molecular weight is 210 g/mol. The summed E-state index contributed by atoms with van der Waals surface area (Å²) in [4.78, 5) is 36.8. The molecule has 0 radical (unpaired) electrons. The average Bonchev–Trinajstić information content (AvgIpc) is 1.81. The number of carbonyl (C=O) groups excluding carboxylic acids is 1. The number of aliphatic hydroxyl groups excluding tert-OH is 1. The van der Waals surface area contributed by atoms with Gasteiger partial charge in [-0.25, -0.2) is 4.79 Å². The van der Waals surface area contributed by atoms with E-state index in [4.69, 9.17) is 20.0 Å². The Kier molecular flexibility index (Phi) is 3.80. The predicted molar refractivity (Wildman–Crippen MR) is 40.3 cm³/mol. The van der Waals surface area contributed by atoms with Crippen LogP contribution >= 0.6 is 7.60 Å². The van der Waals surface area contributed by atoms with E-state index in [2.05, 4.69) is 0 Å². The van der Waals surface area contributed by atoms with Crippen molar-refractivity contribution in [1.29, 1.82) is 0 Å². The van der Waals surface area contributed by atoms with Crippen molar-refractivity contribution in [2.24, 2.45) is 0 Å². The van der Waals surface area contributed by atoms with Crippen molar-refractivity contribution in [2.45, 2.75) is 0 Å². The van der Waals surface area contributed by atoms with Crippen LogP contribution in [-0.4, -0.2) is 37.9 Å². The quantitative estimate of drug-likeness (QED) is 0.208. The number of rotatable bonds is 4. The van der Waals surface area contributed by atoms with Crippen molar-refractivity contribution < 1.29 is 34.2 Å². The topological polar surface area (TPSA) is 132 Å². The van der Waals surface area contributed by atoms with Crippen LogP contribution in [0.3, 0.4) is 0 Å². The van der Waals surface area contributed by atoms with Crippen LogP contribution < -0.4 is 0 Å². The maximum Gasteiger partial charge on any atom is 0.376 e. The van der Waals surface area contributed by atoms with E-state index in [1.165, 1.54) is 0 Å². The Balaban J connectivity index is 4.44. The molecule has 0 unspecified atom stereocenters. The number of ketones is 1. The minimum atomic E-state index is -4.47. The van der Waals surface area contributed by atoms with E-state index in [1.807, 2.05) is 0 Å². The van der Waals surface area contributed by atoms with E-state index < -0.39 is 31.3 Å². The number of aliphatic hydroxyl groups is 1. The molecule has 0 rings (SSSR count). The predicted octanol–water partition coefficient (Wildman–Crippen LogP) is -0.740. The normalized spacial score (nSPS) is 12.6. The maximum absolute atomic E-state index is 10.4. The lowest BCUT2D eigenvalue weighted by molar-refractivity contribution is -0.146. The number of carbonyl (C=O) groups is 2. The van der Waals surface area contributed by atoms with E-state index in [1.54, 1.807) is 0 Å². The molecular formula is C5H7O7P. The van der Waals surface area contributed by atoms with Gasteiger partial charge in [-0.2, -0.15) is 0 Å². The van der Waals surface area contributed by atoms with Gasteiger partial charge in [-0.15, -0.1) is 0 Å². The summed E-state index contributed by atoms with van der Waals surface area (Å²) in [5.74, 6) is -4.20. The highest BCUT2D eigenvalue weighted by Crippen LogP contribution is 2.35. The van der Waals surface area contributed by atoms with Gasteiger partial charge in [0.25, 0.3) is 5.78 Å². The van der Waals surface area contributed by atoms with Crippen LogP contribution in [0.5, 0.6) is 0 Å². The van der Waals surface area contributed by atoms with Gasteiger partial charge in [0, 0.05) is 6.08 Å². The van der Waals surface area contributed by atoms with E-state index in [-0.39, 0.29) is 6.08 Å². The molecular weight excluding hydrogens is 203 g/mol. The van der Waals surface area contributed by atoms with Crippen molar-refractivity contribution in [3.8, 4) is 0 Å². The first-order chi connectivity index (χ1) is 5.72. The first-order valence-corrected chi connectivity index (χ1v) is 4.73. The number of hydrogen-bond acceptors (Lipinski definition) is 4. The number of carboxylic acids is 1. The highest BCUT2D eigenvalue weighted by Gasteiger charge is 2.17. The molecule has 0 amide bonds. The Morgan fingerprint density at radius 3 is 2.00 bits per heavy atom. The molecule has 0 atom stereocenters. The lowest BCUT2D eigenvalue weighted by Crippen LogP contribution is -2.10. The van der Waals surface area contributed by atoms with Gasteiger partial charge in [-0.05, 0) is 0 Å². The summed E-state index contributed by atoms with van der Waals surface area (Å²) in [5.41, 5.74) is 0. The molecule has 0 fully saturated rings. The fraction of sp³-hybridized carbons (Fsp3) is 0.200. The maximum atomic E-state index is 10.4.